The van der Waals surface area contributed by atoms with Crippen LogP contribution in [0.15, 0.2) is 34.9 Å². The largest absolute Gasteiger partial charge is 0.469 e. The molecule has 0 aliphatic heterocycles. The van der Waals surface area contributed by atoms with Gasteiger partial charge in [0.25, 0.3) is 0 Å². The van der Waals surface area contributed by atoms with Crippen LogP contribution in [-0.2, 0) is 6.54 Å². The number of hydrogen-bond acceptors (Lipinski definition) is 4. The van der Waals surface area contributed by atoms with Crippen molar-refractivity contribution in [3.8, 4) is 6.07 Å². The summed E-state index contributed by atoms with van der Waals surface area (Å²) in [5.74, 6) is 0.920. The molecule has 0 unspecified atom stereocenters. The molecular weight excluding hydrogens is 226 g/mol. The Kier molecular flexibility index (Phi) is 3.24. The highest BCUT2D eigenvalue weighted by atomic mass is 16.3. The van der Waals surface area contributed by atoms with Crippen LogP contribution in [0.5, 0.6) is 0 Å². The highest BCUT2D eigenvalue weighted by Crippen LogP contribution is 2.22. The van der Waals surface area contributed by atoms with Crippen molar-refractivity contribution in [2.24, 2.45) is 0 Å². The first-order valence-electron chi connectivity index (χ1n) is 5.65. The van der Waals surface area contributed by atoms with Gasteiger partial charge in [-0.2, -0.15) is 5.26 Å². The molecule has 2 rings (SSSR count). The predicted molar refractivity (Wildman–Crippen MR) is 71.1 cm³/mol. The molecule has 0 spiro atoms. The zero-order valence-corrected chi connectivity index (χ0v) is 10.5. The van der Waals surface area contributed by atoms with Gasteiger partial charge >= 0.3 is 0 Å². The van der Waals surface area contributed by atoms with Crippen LogP contribution in [0, 0.1) is 18.3 Å². The molecule has 0 amide bonds. The monoisotopic (exact) mass is 241 g/mol. The molecule has 0 atom stereocenters. The summed E-state index contributed by atoms with van der Waals surface area (Å²) in [5.41, 5.74) is 8.93. The summed E-state index contributed by atoms with van der Waals surface area (Å²) >= 11 is 0. The summed E-state index contributed by atoms with van der Waals surface area (Å²) in [6, 6.07) is 9.46. The summed E-state index contributed by atoms with van der Waals surface area (Å²) in [4.78, 5) is 2.06. The molecule has 0 aliphatic rings. The molecule has 0 aliphatic carbocycles. The van der Waals surface area contributed by atoms with Gasteiger partial charge in [0, 0.05) is 24.8 Å². The number of hydrogen-bond donors (Lipinski definition) is 1. The van der Waals surface area contributed by atoms with E-state index in [-0.39, 0.29) is 0 Å². The van der Waals surface area contributed by atoms with Crippen LogP contribution >= 0.6 is 0 Å². The third-order valence-electron chi connectivity index (χ3n) is 2.97. The lowest BCUT2D eigenvalue weighted by molar-refractivity contribution is 0.529. The van der Waals surface area contributed by atoms with Crippen molar-refractivity contribution < 1.29 is 4.42 Å². The Morgan fingerprint density at radius 1 is 1.39 bits per heavy atom. The number of anilines is 2. The molecule has 1 aromatic heterocycles. The second kappa shape index (κ2) is 4.84. The number of furan rings is 1. The van der Waals surface area contributed by atoms with Crippen LogP contribution in [-0.4, -0.2) is 7.05 Å². The third-order valence-corrected chi connectivity index (χ3v) is 2.97. The maximum Gasteiger partial charge on any atom is 0.105 e. The Bertz CT molecular complexity index is 595. The summed E-state index contributed by atoms with van der Waals surface area (Å²) in [7, 11) is 1.98. The van der Waals surface area contributed by atoms with Gasteiger partial charge in [-0.15, -0.1) is 0 Å². The van der Waals surface area contributed by atoms with E-state index >= 15 is 0 Å². The van der Waals surface area contributed by atoms with Crippen molar-refractivity contribution in [1.82, 2.24) is 0 Å². The van der Waals surface area contributed by atoms with Gasteiger partial charge < -0.3 is 15.1 Å². The van der Waals surface area contributed by atoms with Gasteiger partial charge in [0.2, 0.25) is 0 Å². The Hall–Kier alpha value is -2.41. The van der Waals surface area contributed by atoms with Crippen LogP contribution in [0.4, 0.5) is 11.4 Å². The van der Waals surface area contributed by atoms with E-state index in [1.165, 1.54) is 0 Å². The topological polar surface area (TPSA) is 66.2 Å². The standard InChI is InChI=1S/C14H15N3O/c1-10-12(5-6-18-10)9-17(2)13-4-3-11(8-15)14(16)7-13/h3-7H,9,16H2,1-2H3. The van der Waals surface area contributed by atoms with E-state index in [1.807, 2.05) is 32.2 Å². The van der Waals surface area contributed by atoms with Gasteiger partial charge in [0.05, 0.1) is 17.5 Å². The molecule has 0 fully saturated rings. The van der Waals surface area contributed by atoms with Crippen molar-refractivity contribution in [3.63, 3.8) is 0 Å². The van der Waals surface area contributed by atoms with Gasteiger partial charge in [-0.1, -0.05) is 0 Å². The first kappa shape index (κ1) is 12.1. The lowest BCUT2D eigenvalue weighted by Gasteiger charge is -2.19. The maximum atomic E-state index is 8.84. The van der Waals surface area contributed by atoms with Crippen LogP contribution in [0.25, 0.3) is 0 Å². The Morgan fingerprint density at radius 2 is 2.17 bits per heavy atom. The van der Waals surface area contributed by atoms with E-state index in [2.05, 4.69) is 11.0 Å². The summed E-state index contributed by atoms with van der Waals surface area (Å²) in [5, 5.41) is 8.84. The zero-order chi connectivity index (χ0) is 13.1. The molecule has 1 aromatic carbocycles. The first-order chi connectivity index (χ1) is 8.61. The van der Waals surface area contributed by atoms with Crippen LogP contribution in [0.1, 0.15) is 16.9 Å². The lowest BCUT2D eigenvalue weighted by atomic mass is 10.1. The van der Waals surface area contributed by atoms with Gasteiger partial charge in [-0.05, 0) is 31.2 Å². The average molecular weight is 241 g/mol. The minimum atomic E-state index is 0.505. The molecule has 0 bridgehead atoms. The van der Waals surface area contributed by atoms with Gasteiger partial charge in [0.1, 0.15) is 11.8 Å². The molecule has 0 saturated heterocycles. The third kappa shape index (κ3) is 2.30. The van der Waals surface area contributed by atoms with Crippen LogP contribution in [0.2, 0.25) is 0 Å². The normalized spacial score (nSPS) is 10.1. The fourth-order valence-corrected chi connectivity index (χ4v) is 1.81. The maximum absolute atomic E-state index is 8.84. The number of nitriles is 1. The Balaban J connectivity index is 2.19. The summed E-state index contributed by atoms with van der Waals surface area (Å²) < 4.78 is 5.27. The van der Waals surface area contributed by atoms with E-state index in [0.717, 1.165) is 23.6 Å². The van der Waals surface area contributed by atoms with E-state index in [9.17, 15) is 0 Å². The number of aryl methyl sites for hydroxylation is 1. The molecule has 92 valence electrons. The van der Waals surface area contributed by atoms with Crippen molar-refractivity contribution in [2.75, 3.05) is 17.7 Å². The molecular formula is C14H15N3O. The minimum absolute atomic E-state index is 0.505. The van der Waals surface area contributed by atoms with Crippen molar-refractivity contribution in [3.05, 3.63) is 47.4 Å². The molecule has 2 N–H and O–H groups in total. The van der Waals surface area contributed by atoms with Crippen LogP contribution < -0.4 is 10.6 Å². The highest BCUT2D eigenvalue weighted by molar-refractivity contribution is 5.63. The minimum Gasteiger partial charge on any atom is -0.469 e. The number of benzene rings is 1. The van der Waals surface area contributed by atoms with Gasteiger partial charge in [-0.3, -0.25) is 0 Å². The predicted octanol–water partition coefficient (Wildman–Crippen LogP) is 2.68. The zero-order valence-electron chi connectivity index (χ0n) is 10.5. The fraction of sp³-hybridized carbons (Fsp3) is 0.214. The molecule has 18 heavy (non-hydrogen) atoms. The van der Waals surface area contributed by atoms with Crippen molar-refractivity contribution >= 4 is 11.4 Å². The number of rotatable bonds is 3. The smallest absolute Gasteiger partial charge is 0.105 e. The van der Waals surface area contributed by atoms with Crippen molar-refractivity contribution in [1.29, 1.82) is 5.26 Å². The van der Waals surface area contributed by atoms with E-state index in [4.69, 9.17) is 15.4 Å². The Labute approximate surface area is 106 Å². The average Bonchev–Trinajstić information content (AvgIpc) is 2.75. The molecule has 4 heteroatoms. The second-order valence-electron chi connectivity index (χ2n) is 4.24. The molecule has 2 aromatic rings. The number of nitrogen functional groups attached to an aromatic ring is 1. The molecule has 4 nitrogen and oxygen atoms in total. The molecule has 1 heterocycles. The first-order valence-corrected chi connectivity index (χ1v) is 5.65. The van der Waals surface area contributed by atoms with Crippen molar-refractivity contribution in [2.45, 2.75) is 13.5 Å². The highest BCUT2D eigenvalue weighted by Gasteiger charge is 2.08. The quantitative estimate of drug-likeness (QED) is 0.839. The Morgan fingerprint density at radius 3 is 2.72 bits per heavy atom. The SMILES string of the molecule is Cc1occc1CN(C)c1ccc(C#N)c(N)c1. The molecule has 0 saturated carbocycles. The van der Waals surface area contributed by atoms with Gasteiger partial charge in [0.15, 0.2) is 0 Å². The van der Waals surface area contributed by atoms with E-state index < -0.39 is 0 Å². The van der Waals surface area contributed by atoms with Crippen LogP contribution in [0.3, 0.4) is 0 Å². The lowest BCUT2D eigenvalue weighted by Crippen LogP contribution is -2.16. The number of nitrogens with two attached hydrogens (primary N) is 1. The second-order valence-corrected chi connectivity index (χ2v) is 4.24. The van der Waals surface area contributed by atoms with E-state index in [0.29, 0.717) is 11.3 Å². The van der Waals surface area contributed by atoms with Gasteiger partial charge in [-0.25, -0.2) is 0 Å². The number of nitrogens with zero attached hydrogens (tertiary/aromatic N) is 2. The fourth-order valence-electron chi connectivity index (χ4n) is 1.81. The molecule has 0 radical (unpaired) electrons. The summed E-state index contributed by atoms with van der Waals surface area (Å²) in [6.45, 7) is 2.68. The summed E-state index contributed by atoms with van der Waals surface area (Å²) in [6.07, 6.45) is 1.69. The van der Waals surface area contributed by atoms with E-state index in [1.54, 1.807) is 12.3 Å².